The van der Waals surface area contributed by atoms with Crippen molar-refractivity contribution in [1.29, 1.82) is 5.26 Å². The van der Waals surface area contributed by atoms with E-state index in [9.17, 15) is 5.26 Å². The lowest BCUT2D eigenvalue weighted by Gasteiger charge is -2.20. The topological polar surface area (TPSA) is 51.4 Å². The highest BCUT2D eigenvalue weighted by Gasteiger charge is 2.08. The third-order valence-corrected chi connectivity index (χ3v) is 5.46. The van der Waals surface area contributed by atoms with Gasteiger partial charge in [-0.15, -0.1) is 11.8 Å². The molecule has 4 nitrogen and oxygen atoms in total. The number of allylic oxidation sites excluding steroid dienone is 4. The molecule has 1 N–H and O–H groups in total. The van der Waals surface area contributed by atoms with Gasteiger partial charge in [-0.2, -0.15) is 10.4 Å². The van der Waals surface area contributed by atoms with Gasteiger partial charge in [0, 0.05) is 24.3 Å². The Balaban J connectivity index is 2.80. The molecule has 152 valence electrons. The zero-order valence-corrected chi connectivity index (χ0v) is 18.5. The molecule has 0 aromatic heterocycles. The van der Waals surface area contributed by atoms with Gasteiger partial charge in [0.1, 0.15) is 0 Å². The zero-order valence-electron chi connectivity index (χ0n) is 17.7. The van der Waals surface area contributed by atoms with E-state index in [2.05, 4.69) is 49.2 Å². The summed E-state index contributed by atoms with van der Waals surface area (Å²) < 4.78 is 0. The minimum atomic E-state index is -0.100. The normalized spacial score (nSPS) is 14.2. The SMILES string of the molecule is C=NN(/C(C)=C/C/C(=C/C(C)C#N)SCNC(CC)CCC)c1ccccc1. The molecule has 0 aliphatic carbocycles. The van der Waals surface area contributed by atoms with Crippen molar-refractivity contribution in [2.24, 2.45) is 11.0 Å². The van der Waals surface area contributed by atoms with Gasteiger partial charge in [0.15, 0.2) is 0 Å². The Morgan fingerprint density at radius 1 is 1.36 bits per heavy atom. The van der Waals surface area contributed by atoms with Crippen LogP contribution in [0.4, 0.5) is 5.69 Å². The Labute approximate surface area is 175 Å². The summed E-state index contributed by atoms with van der Waals surface area (Å²) in [6.45, 7) is 12.1. The Hall–Kier alpha value is -2.03. The van der Waals surface area contributed by atoms with E-state index in [1.165, 1.54) is 17.7 Å². The fourth-order valence-electron chi connectivity index (χ4n) is 2.84. The van der Waals surface area contributed by atoms with E-state index in [-0.39, 0.29) is 5.92 Å². The van der Waals surface area contributed by atoms with Crippen LogP contribution >= 0.6 is 11.8 Å². The molecule has 0 aliphatic heterocycles. The minimum Gasteiger partial charge on any atom is -0.305 e. The zero-order chi connectivity index (χ0) is 20.8. The summed E-state index contributed by atoms with van der Waals surface area (Å²) in [4.78, 5) is 1.20. The van der Waals surface area contributed by atoms with Crippen LogP contribution in [0.3, 0.4) is 0 Å². The number of para-hydroxylation sites is 1. The molecule has 0 amide bonds. The lowest BCUT2D eigenvalue weighted by Crippen LogP contribution is -2.27. The minimum absolute atomic E-state index is 0.100. The van der Waals surface area contributed by atoms with Crippen molar-refractivity contribution in [3.05, 3.63) is 53.1 Å². The average Bonchev–Trinajstić information content (AvgIpc) is 2.72. The van der Waals surface area contributed by atoms with Crippen molar-refractivity contribution in [3.8, 4) is 6.07 Å². The molecule has 1 aromatic carbocycles. The van der Waals surface area contributed by atoms with Crippen molar-refractivity contribution < 1.29 is 0 Å². The first kappa shape index (κ1) is 24.0. The summed E-state index contributed by atoms with van der Waals surface area (Å²) in [6.07, 6.45) is 8.50. The maximum absolute atomic E-state index is 9.19. The molecular formula is C23H34N4S. The highest BCUT2D eigenvalue weighted by Crippen LogP contribution is 2.25. The molecule has 0 fully saturated rings. The smallest absolute Gasteiger partial charge is 0.0694 e. The van der Waals surface area contributed by atoms with Gasteiger partial charge in [-0.3, -0.25) is 0 Å². The van der Waals surface area contributed by atoms with Crippen molar-refractivity contribution in [2.75, 3.05) is 10.9 Å². The van der Waals surface area contributed by atoms with Crippen LogP contribution < -0.4 is 10.3 Å². The molecule has 2 unspecified atom stereocenters. The fourth-order valence-corrected chi connectivity index (χ4v) is 3.85. The Bertz CT molecular complexity index is 676. The summed E-state index contributed by atoms with van der Waals surface area (Å²) in [5.41, 5.74) is 2.00. The van der Waals surface area contributed by atoms with E-state index in [4.69, 9.17) is 0 Å². The molecule has 0 saturated carbocycles. The maximum Gasteiger partial charge on any atom is 0.0694 e. The molecule has 0 bridgehead atoms. The average molecular weight is 399 g/mol. The number of nitrogens with one attached hydrogen (secondary N) is 1. The Morgan fingerprint density at radius 2 is 2.07 bits per heavy atom. The van der Waals surface area contributed by atoms with Gasteiger partial charge < -0.3 is 5.32 Å². The molecule has 5 heteroatoms. The summed E-state index contributed by atoms with van der Waals surface area (Å²) >= 11 is 1.78. The second kappa shape index (κ2) is 14.0. The lowest BCUT2D eigenvalue weighted by molar-refractivity contribution is 0.496. The third kappa shape index (κ3) is 8.77. The number of benzene rings is 1. The molecule has 0 heterocycles. The largest absolute Gasteiger partial charge is 0.305 e. The highest BCUT2D eigenvalue weighted by molar-refractivity contribution is 8.03. The Kier molecular flexibility index (Phi) is 12.0. The molecule has 0 spiro atoms. The number of hydrogen-bond acceptors (Lipinski definition) is 5. The van der Waals surface area contributed by atoms with E-state index in [1.807, 2.05) is 49.2 Å². The van der Waals surface area contributed by atoms with Crippen LogP contribution in [0.2, 0.25) is 0 Å². The van der Waals surface area contributed by atoms with Crippen molar-refractivity contribution in [1.82, 2.24) is 5.32 Å². The van der Waals surface area contributed by atoms with Crippen LogP contribution in [0.25, 0.3) is 0 Å². The molecular weight excluding hydrogens is 364 g/mol. The van der Waals surface area contributed by atoms with E-state index in [0.29, 0.717) is 6.04 Å². The summed E-state index contributed by atoms with van der Waals surface area (Å²) in [7, 11) is 0. The first-order valence-electron chi connectivity index (χ1n) is 10.0. The predicted molar refractivity (Wildman–Crippen MR) is 124 cm³/mol. The Morgan fingerprint density at radius 3 is 2.64 bits per heavy atom. The molecule has 28 heavy (non-hydrogen) atoms. The lowest BCUT2D eigenvalue weighted by atomic mass is 10.1. The molecule has 0 radical (unpaired) electrons. The third-order valence-electron chi connectivity index (χ3n) is 4.47. The summed E-state index contributed by atoms with van der Waals surface area (Å²) in [5.74, 6) is 0.758. The van der Waals surface area contributed by atoms with Gasteiger partial charge in [0.2, 0.25) is 0 Å². The fraction of sp³-hybridized carbons (Fsp3) is 0.478. The van der Waals surface area contributed by atoms with Crippen molar-refractivity contribution in [2.45, 2.75) is 59.4 Å². The number of hydrogen-bond donors (Lipinski definition) is 1. The van der Waals surface area contributed by atoms with Crippen LogP contribution in [-0.2, 0) is 0 Å². The van der Waals surface area contributed by atoms with Crippen molar-refractivity contribution in [3.63, 3.8) is 0 Å². The summed E-state index contributed by atoms with van der Waals surface area (Å²) in [6, 6.07) is 12.8. The summed E-state index contributed by atoms with van der Waals surface area (Å²) in [5, 5.41) is 18.8. The van der Waals surface area contributed by atoms with Crippen LogP contribution in [0, 0.1) is 17.2 Å². The molecule has 1 rings (SSSR count). The van der Waals surface area contributed by atoms with E-state index in [0.717, 1.165) is 30.1 Å². The van der Waals surface area contributed by atoms with Gasteiger partial charge in [-0.1, -0.05) is 50.6 Å². The number of thioether (sulfide) groups is 1. The van der Waals surface area contributed by atoms with Gasteiger partial charge in [0.05, 0.1) is 17.7 Å². The van der Waals surface area contributed by atoms with E-state index < -0.39 is 0 Å². The number of nitrogens with zero attached hydrogens (tertiary/aromatic N) is 3. The van der Waals surface area contributed by atoms with Gasteiger partial charge >= 0.3 is 0 Å². The monoisotopic (exact) mass is 398 g/mol. The molecule has 1 aromatic rings. The van der Waals surface area contributed by atoms with Crippen LogP contribution in [0.1, 0.15) is 53.4 Å². The molecule has 0 aliphatic rings. The first-order chi connectivity index (χ1) is 13.5. The number of anilines is 1. The maximum atomic E-state index is 9.19. The standard InChI is InChI=1S/C23H34N4S/c1-6-11-21(7-2)26-18-28-23(16-19(3)17-24)15-14-20(4)27(25-5)22-12-9-8-10-13-22/h8-10,12-14,16,19,21,26H,5-7,11,15,18H2,1-4H3/b20-14+,23-16-. The van der Waals surface area contributed by atoms with Gasteiger partial charge in [-0.25, -0.2) is 5.01 Å². The quantitative estimate of drug-likeness (QED) is 0.240. The van der Waals surface area contributed by atoms with E-state index in [1.54, 1.807) is 11.8 Å². The van der Waals surface area contributed by atoms with E-state index >= 15 is 0 Å². The number of nitriles is 1. The number of rotatable bonds is 13. The molecule has 2 atom stereocenters. The highest BCUT2D eigenvalue weighted by atomic mass is 32.2. The van der Waals surface area contributed by atoms with Crippen LogP contribution in [-0.4, -0.2) is 18.6 Å². The second-order valence-electron chi connectivity index (χ2n) is 6.78. The van der Waals surface area contributed by atoms with Gasteiger partial charge in [-0.05, 0) is 50.1 Å². The second-order valence-corrected chi connectivity index (χ2v) is 7.88. The van der Waals surface area contributed by atoms with Crippen LogP contribution in [0.15, 0.2) is 58.2 Å². The van der Waals surface area contributed by atoms with Gasteiger partial charge in [0.25, 0.3) is 0 Å². The number of hydrazone groups is 1. The van der Waals surface area contributed by atoms with Crippen molar-refractivity contribution >= 4 is 24.2 Å². The molecule has 0 saturated heterocycles. The van der Waals surface area contributed by atoms with Crippen LogP contribution in [0.5, 0.6) is 0 Å². The predicted octanol–water partition coefficient (Wildman–Crippen LogP) is 6.31. The first-order valence-corrected chi connectivity index (χ1v) is 11.0.